The van der Waals surface area contributed by atoms with Gasteiger partial charge in [-0.2, -0.15) is 0 Å². The molecule has 0 spiro atoms. The van der Waals surface area contributed by atoms with Gasteiger partial charge in [0.1, 0.15) is 0 Å². The fourth-order valence-corrected chi connectivity index (χ4v) is 1.13. The number of anilines is 1. The Hall–Kier alpha value is -0.880. The van der Waals surface area contributed by atoms with Crippen LogP contribution in [0.4, 0.5) is 5.82 Å². The lowest BCUT2D eigenvalue weighted by molar-refractivity contribution is 0.759. The molecule has 6 heteroatoms. The number of H-pyrrole nitrogens is 2. The molecule has 0 saturated heterocycles. The number of likely N-dealkylation sites (N-methyl/N-ethyl adjacent to an activating group) is 2. The second-order valence-corrected chi connectivity index (χ2v) is 2.93. The number of hydrogen-bond donors (Lipinski definition) is 3. The number of rotatable bonds is 4. The molecule has 1 rings (SSSR count). The van der Waals surface area contributed by atoms with Gasteiger partial charge in [-0.1, -0.05) is 12.2 Å². The molecule has 0 aliphatic rings. The Morgan fingerprint density at radius 3 is 2.92 bits per heavy atom. The van der Waals surface area contributed by atoms with Gasteiger partial charge in [0.05, 0.1) is 0 Å². The topological polar surface area (TPSA) is 59.7 Å². The molecule has 0 aromatic carbocycles. The van der Waals surface area contributed by atoms with Crippen LogP contribution in [0.3, 0.4) is 0 Å². The minimum absolute atomic E-state index is 0.647. The van der Waals surface area contributed by atoms with Crippen molar-refractivity contribution in [3.63, 3.8) is 0 Å². The summed E-state index contributed by atoms with van der Waals surface area (Å²) in [7, 11) is 3.87. The average molecular weight is 187 g/mol. The lowest BCUT2D eigenvalue weighted by Crippen LogP contribution is -2.27. The molecule has 5 nitrogen and oxygen atoms in total. The molecular formula is C6H13N5S. The van der Waals surface area contributed by atoms with Crippen LogP contribution in [0.25, 0.3) is 0 Å². The van der Waals surface area contributed by atoms with Crippen LogP contribution in [0, 0.1) is 4.64 Å². The smallest absolute Gasteiger partial charge is 0.186 e. The van der Waals surface area contributed by atoms with Gasteiger partial charge in [-0.05, 0) is 7.05 Å². The third kappa shape index (κ3) is 2.05. The minimum Gasteiger partial charge on any atom is -0.354 e. The van der Waals surface area contributed by atoms with E-state index in [1.165, 1.54) is 0 Å². The van der Waals surface area contributed by atoms with E-state index < -0.39 is 0 Å². The maximum Gasteiger partial charge on any atom is 0.186 e. The van der Waals surface area contributed by atoms with Gasteiger partial charge in [0.2, 0.25) is 0 Å². The van der Waals surface area contributed by atoms with E-state index in [1.807, 2.05) is 19.0 Å². The molecule has 0 saturated carbocycles. The van der Waals surface area contributed by atoms with Crippen LogP contribution in [-0.4, -0.2) is 42.6 Å². The van der Waals surface area contributed by atoms with E-state index in [1.54, 1.807) is 0 Å². The number of nitrogens with one attached hydrogen (secondary N) is 3. The number of aromatic nitrogens is 3. The van der Waals surface area contributed by atoms with Gasteiger partial charge in [0.25, 0.3) is 0 Å². The van der Waals surface area contributed by atoms with E-state index >= 15 is 0 Å². The molecule has 1 heterocycles. The standard InChI is InChI=1S/C6H13N5S/c1-7-3-4-11(2)5-6(12)9-10-8-5/h7H,3-4H2,1-2H3,(H2,8,9,10,12). The van der Waals surface area contributed by atoms with E-state index in [2.05, 4.69) is 20.7 Å². The van der Waals surface area contributed by atoms with Crippen LogP contribution in [0.15, 0.2) is 0 Å². The van der Waals surface area contributed by atoms with Crippen LogP contribution >= 0.6 is 12.2 Å². The van der Waals surface area contributed by atoms with Crippen molar-refractivity contribution in [1.82, 2.24) is 20.7 Å². The van der Waals surface area contributed by atoms with Crippen LogP contribution < -0.4 is 10.2 Å². The molecule has 0 bridgehead atoms. The van der Waals surface area contributed by atoms with Crippen molar-refractivity contribution in [3.05, 3.63) is 4.64 Å². The zero-order chi connectivity index (χ0) is 8.97. The Balaban J connectivity index is 2.59. The fraction of sp³-hybridized carbons (Fsp3) is 0.667. The molecular weight excluding hydrogens is 174 g/mol. The molecule has 0 atom stereocenters. The summed E-state index contributed by atoms with van der Waals surface area (Å²) in [5, 5.41) is 12.4. The van der Waals surface area contributed by atoms with Gasteiger partial charge in [-0.3, -0.25) is 5.10 Å². The van der Waals surface area contributed by atoms with E-state index in [4.69, 9.17) is 12.2 Å². The first-order valence-electron chi connectivity index (χ1n) is 3.74. The molecule has 0 unspecified atom stereocenters. The highest BCUT2D eigenvalue weighted by Crippen LogP contribution is 2.05. The third-order valence-corrected chi connectivity index (χ3v) is 1.88. The van der Waals surface area contributed by atoms with Crippen LogP contribution in [0.2, 0.25) is 0 Å². The average Bonchev–Trinajstić information content (AvgIpc) is 2.47. The summed E-state index contributed by atoms with van der Waals surface area (Å²) in [6.07, 6.45) is 0. The first-order chi connectivity index (χ1) is 5.75. The van der Waals surface area contributed by atoms with Crippen LogP contribution in [0.5, 0.6) is 0 Å². The summed E-state index contributed by atoms with van der Waals surface area (Å²) in [6, 6.07) is 0. The molecule has 0 aliphatic carbocycles. The van der Waals surface area contributed by atoms with E-state index in [0.29, 0.717) is 4.64 Å². The Labute approximate surface area is 76.1 Å². The number of aromatic amines is 2. The molecule has 0 aliphatic heterocycles. The normalized spacial score (nSPS) is 10.2. The zero-order valence-electron chi connectivity index (χ0n) is 7.22. The van der Waals surface area contributed by atoms with E-state index in [-0.39, 0.29) is 0 Å². The lowest BCUT2D eigenvalue weighted by Gasteiger charge is -2.14. The minimum atomic E-state index is 0.647. The van der Waals surface area contributed by atoms with Crippen molar-refractivity contribution in [3.8, 4) is 0 Å². The third-order valence-electron chi connectivity index (χ3n) is 1.59. The SMILES string of the molecule is CNCCN(C)c1n[nH][nH]c1=S. The fourth-order valence-electron chi connectivity index (χ4n) is 0.882. The van der Waals surface area contributed by atoms with Gasteiger partial charge in [-0.15, -0.1) is 5.10 Å². The van der Waals surface area contributed by atoms with Crippen molar-refractivity contribution in [2.24, 2.45) is 0 Å². The molecule has 68 valence electrons. The summed E-state index contributed by atoms with van der Waals surface area (Å²) < 4.78 is 0.647. The largest absolute Gasteiger partial charge is 0.354 e. The first kappa shape index (κ1) is 9.21. The van der Waals surface area contributed by atoms with Gasteiger partial charge in [0, 0.05) is 20.1 Å². The summed E-state index contributed by atoms with van der Waals surface area (Å²) in [5.74, 6) is 0.792. The Morgan fingerprint density at radius 2 is 2.42 bits per heavy atom. The van der Waals surface area contributed by atoms with Crippen molar-refractivity contribution in [2.45, 2.75) is 0 Å². The maximum absolute atomic E-state index is 5.00. The summed E-state index contributed by atoms with van der Waals surface area (Å²) in [6.45, 7) is 1.80. The van der Waals surface area contributed by atoms with Crippen molar-refractivity contribution in [1.29, 1.82) is 0 Å². The predicted molar refractivity (Wildman–Crippen MR) is 51.0 cm³/mol. The molecule has 0 radical (unpaired) electrons. The maximum atomic E-state index is 5.00. The van der Waals surface area contributed by atoms with Gasteiger partial charge in [0.15, 0.2) is 10.5 Å². The highest BCUT2D eigenvalue weighted by Gasteiger charge is 2.03. The Morgan fingerprint density at radius 1 is 1.67 bits per heavy atom. The summed E-state index contributed by atoms with van der Waals surface area (Å²) >= 11 is 5.00. The highest BCUT2D eigenvalue weighted by molar-refractivity contribution is 7.71. The van der Waals surface area contributed by atoms with Crippen LogP contribution in [-0.2, 0) is 0 Å². The molecule has 0 amide bonds. The zero-order valence-corrected chi connectivity index (χ0v) is 8.03. The number of hydrogen-bond acceptors (Lipinski definition) is 4. The summed E-state index contributed by atoms with van der Waals surface area (Å²) in [4.78, 5) is 1.99. The van der Waals surface area contributed by atoms with Crippen molar-refractivity contribution >= 4 is 18.0 Å². The molecule has 0 fully saturated rings. The Bertz CT molecular complexity index is 277. The lowest BCUT2D eigenvalue weighted by atomic mass is 10.5. The molecule has 12 heavy (non-hydrogen) atoms. The second-order valence-electron chi connectivity index (χ2n) is 2.53. The second kappa shape index (κ2) is 4.22. The van der Waals surface area contributed by atoms with E-state index in [9.17, 15) is 0 Å². The molecule has 3 N–H and O–H groups in total. The van der Waals surface area contributed by atoms with Crippen molar-refractivity contribution < 1.29 is 0 Å². The van der Waals surface area contributed by atoms with Gasteiger partial charge >= 0.3 is 0 Å². The summed E-state index contributed by atoms with van der Waals surface area (Å²) in [5.41, 5.74) is 0. The predicted octanol–water partition coefficient (Wildman–Crippen LogP) is 0.123. The molecule has 1 aromatic rings. The monoisotopic (exact) mass is 187 g/mol. The quantitative estimate of drug-likeness (QED) is 0.586. The Kier molecular flexibility index (Phi) is 3.24. The van der Waals surface area contributed by atoms with Gasteiger partial charge < -0.3 is 10.2 Å². The molecule has 1 aromatic heterocycles. The van der Waals surface area contributed by atoms with E-state index in [0.717, 1.165) is 18.9 Å². The van der Waals surface area contributed by atoms with Crippen LogP contribution in [0.1, 0.15) is 0 Å². The van der Waals surface area contributed by atoms with Gasteiger partial charge in [-0.25, -0.2) is 5.21 Å². The van der Waals surface area contributed by atoms with Crippen molar-refractivity contribution in [2.75, 3.05) is 32.1 Å². The number of nitrogens with zero attached hydrogens (tertiary/aromatic N) is 2. The first-order valence-corrected chi connectivity index (χ1v) is 4.15. The highest BCUT2D eigenvalue weighted by atomic mass is 32.1.